The number of hydrogen-bond acceptors (Lipinski definition) is 2. The summed E-state index contributed by atoms with van der Waals surface area (Å²) in [4.78, 5) is 12.2. The second-order valence-electron chi connectivity index (χ2n) is 4.46. The van der Waals surface area contributed by atoms with Gasteiger partial charge in [0.1, 0.15) is 5.75 Å². The highest BCUT2D eigenvalue weighted by atomic mass is 79.9. The van der Waals surface area contributed by atoms with Crippen LogP contribution in [0.5, 0.6) is 5.75 Å². The van der Waals surface area contributed by atoms with E-state index >= 15 is 0 Å². The third-order valence-electron chi connectivity index (χ3n) is 3.06. The number of rotatable bonds is 4. The average Bonchev–Trinajstić information content (AvgIpc) is 2.48. The van der Waals surface area contributed by atoms with E-state index in [9.17, 15) is 4.79 Å². The molecule has 0 saturated carbocycles. The molecule has 4 heteroatoms. The maximum Gasteiger partial charge on any atom is 0.251 e. The molecule has 0 aliphatic rings. The smallest absolute Gasteiger partial charge is 0.251 e. The fourth-order valence-corrected chi connectivity index (χ4v) is 2.45. The topological polar surface area (TPSA) is 38.3 Å². The van der Waals surface area contributed by atoms with Crippen LogP contribution in [0.25, 0.3) is 0 Å². The summed E-state index contributed by atoms with van der Waals surface area (Å²) in [7, 11) is 1.59. The van der Waals surface area contributed by atoms with Crippen LogP contribution in [-0.2, 0) is 0 Å². The highest BCUT2D eigenvalue weighted by molar-refractivity contribution is 9.10. The van der Waals surface area contributed by atoms with Crippen molar-refractivity contribution in [1.29, 1.82) is 0 Å². The van der Waals surface area contributed by atoms with Crippen molar-refractivity contribution in [3.8, 4) is 5.75 Å². The SMILES string of the molecule is COc1ccc(C(=O)N[C@H](C)c2ccccc2)cc1Br. The zero-order valence-corrected chi connectivity index (χ0v) is 13.0. The van der Waals surface area contributed by atoms with E-state index in [0.29, 0.717) is 11.3 Å². The molecule has 20 heavy (non-hydrogen) atoms. The number of halogens is 1. The monoisotopic (exact) mass is 333 g/mol. The van der Waals surface area contributed by atoms with Gasteiger partial charge in [0.2, 0.25) is 0 Å². The van der Waals surface area contributed by atoms with E-state index in [1.807, 2.05) is 37.3 Å². The maximum atomic E-state index is 12.2. The van der Waals surface area contributed by atoms with Crippen molar-refractivity contribution >= 4 is 21.8 Å². The Hall–Kier alpha value is -1.81. The van der Waals surface area contributed by atoms with Crippen LogP contribution in [0, 0.1) is 0 Å². The third kappa shape index (κ3) is 3.39. The predicted octanol–water partition coefficient (Wildman–Crippen LogP) is 3.95. The molecule has 0 saturated heterocycles. The molecule has 0 unspecified atom stereocenters. The number of benzene rings is 2. The van der Waals surface area contributed by atoms with Crippen LogP contribution in [0.2, 0.25) is 0 Å². The van der Waals surface area contributed by atoms with Crippen LogP contribution in [0.15, 0.2) is 53.0 Å². The average molecular weight is 334 g/mol. The Morgan fingerprint density at radius 2 is 1.90 bits per heavy atom. The van der Waals surface area contributed by atoms with Gasteiger partial charge in [-0.15, -0.1) is 0 Å². The number of hydrogen-bond donors (Lipinski definition) is 1. The summed E-state index contributed by atoms with van der Waals surface area (Å²) >= 11 is 3.38. The van der Waals surface area contributed by atoms with Crippen molar-refractivity contribution < 1.29 is 9.53 Å². The van der Waals surface area contributed by atoms with Gasteiger partial charge in [-0.1, -0.05) is 30.3 Å². The molecule has 104 valence electrons. The van der Waals surface area contributed by atoms with Crippen LogP contribution >= 0.6 is 15.9 Å². The molecule has 2 rings (SSSR count). The fourth-order valence-electron chi connectivity index (χ4n) is 1.91. The molecule has 0 heterocycles. The molecular weight excluding hydrogens is 318 g/mol. The minimum Gasteiger partial charge on any atom is -0.496 e. The predicted molar refractivity (Wildman–Crippen MR) is 83.0 cm³/mol. The first-order valence-electron chi connectivity index (χ1n) is 6.31. The fraction of sp³-hybridized carbons (Fsp3) is 0.188. The van der Waals surface area contributed by atoms with Crippen LogP contribution in [0.1, 0.15) is 28.9 Å². The molecule has 1 N–H and O–H groups in total. The van der Waals surface area contributed by atoms with Crippen molar-refractivity contribution in [3.63, 3.8) is 0 Å². The molecule has 3 nitrogen and oxygen atoms in total. The van der Waals surface area contributed by atoms with E-state index in [-0.39, 0.29) is 11.9 Å². The molecule has 0 spiro atoms. The lowest BCUT2D eigenvalue weighted by atomic mass is 10.1. The van der Waals surface area contributed by atoms with Gasteiger partial charge in [-0.25, -0.2) is 0 Å². The summed E-state index contributed by atoms with van der Waals surface area (Å²) in [6, 6.07) is 15.1. The first-order valence-corrected chi connectivity index (χ1v) is 7.10. The highest BCUT2D eigenvalue weighted by Crippen LogP contribution is 2.25. The van der Waals surface area contributed by atoms with Crippen molar-refractivity contribution in [1.82, 2.24) is 5.32 Å². The molecule has 1 atom stereocenters. The van der Waals surface area contributed by atoms with Crippen LogP contribution < -0.4 is 10.1 Å². The normalized spacial score (nSPS) is 11.8. The molecule has 0 bridgehead atoms. The zero-order valence-electron chi connectivity index (χ0n) is 11.4. The van der Waals surface area contributed by atoms with Crippen molar-refractivity contribution in [2.24, 2.45) is 0 Å². The molecule has 0 radical (unpaired) electrons. The Morgan fingerprint density at radius 3 is 2.50 bits per heavy atom. The van der Waals surface area contributed by atoms with Gasteiger partial charge < -0.3 is 10.1 Å². The van der Waals surface area contributed by atoms with E-state index in [0.717, 1.165) is 10.0 Å². The molecule has 2 aromatic rings. The lowest BCUT2D eigenvalue weighted by Crippen LogP contribution is -2.26. The quantitative estimate of drug-likeness (QED) is 0.919. The van der Waals surface area contributed by atoms with Gasteiger partial charge in [-0.05, 0) is 46.6 Å². The minimum absolute atomic E-state index is 0.0374. The number of ether oxygens (including phenoxy) is 1. The molecule has 2 aromatic carbocycles. The lowest BCUT2D eigenvalue weighted by molar-refractivity contribution is 0.0940. The largest absolute Gasteiger partial charge is 0.496 e. The third-order valence-corrected chi connectivity index (χ3v) is 3.68. The standard InChI is InChI=1S/C16H16BrNO2/c1-11(12-6-4-3-5-7-12)18-16(19)13-8-9-15(20-2)14(17)10-13/h3-11H,1-2H3,(H,18,19)/t11-/m1/s1. The first kappa shape index (κ1) is 14.6. The summed E-state index contributed by atoms with van der Waals surface area (Å²) in [5.41, 5.74) is 1.67. The highest BCUT2D eigenvalue weighted by Gasteiger charge is 2.12. The molecule has 0 aromatic heterocycles. The van der Waals surface area contributed by atoms with Gasteiger partial charge in [0.15, 0.2) is 0 Å². The van der Waals surface area contributed by atoms with Crippen LogP contribution in [0.4, 0.5) is 0 Å². The molecule has 0 fully saturated rings. The summed E-state index contributed by atoms with van der Waals surface area (Å²) in [5, 5.41) is 2.98. The van der Waals surface area contributed by atoms with E-state index < -0.39 is 0 Å². The van der Waals surface area contributed by atoms with Gasteiger partial charge in [0, 0.05) is 5.56 Å². The Morgan fingerprint density at radius 1 is 1.20 bits per heavy atom. The second kappa shape index (κ2) is 6.57. The Bertz CT molecular complexity index is 599. The molecule has 0 aliphatic carbocycles. The zero-order chi connectivity index (χ0) is 14.5. The van der Waals surface area contributed by atoms with Crippen molar-refractivity contribution in [2.45, 2.75) is 13.0 Å². The minimum atomic E-state index is -0.107. The van der Waals surface area contributed by atoms with Crippen molar-refractivity contribution in [2.75, 3.05) is 7.11 Å². The molecule has 1 amide bonds. The Balaban J connectivity index is 2.10. The number of amides is 1. The molecule has 0 aliphatic heterocycles. The van der Waals surface area contributed by atoms with Gasteiger partial charge in [0.25, 0.3) is 5.91 Å². The van der Waals surface area contributed by atoms with Crippen LogP contribution in [-0.4, -0.2) is 13.0 Å². The Labute approximate surface area is 127 Å². The number of methoxy groups -OCH3 is 1. The van der Waals surface area contributed by atoms with E-state index in [4.69, 9.17) is 4.74 Å². The van der Waals surface area contributed by atoms with E-state index in [1.165, 1.54) is 0 Å². The number of nitrogens with one attached hydrogen (secondary N) is 1. The van der Waals surface area contributed by atoms with Gasteiger partial charge in [-0.3, -0.25) is 4.79 Å². The summed E-state index contributed by atoms with van der Waals surface area (Å²) in [6.45, 7) is 1.96. The Kier molecular flexibility index (Phi) is 4.79. The maximum absolute atomic E-state index is 12.2. The van der Waals surface area contributed by atoms with E-state index in [1.54, 1.807) is 25.3 Å². The summed E-state index contributed by atoms with van der Waals surface area (Å²) < 4.78 is 5.92. The van der Waals surface area contributed by atoms with Gasteiger partial charge in [0.05, 0.1) is 17.6 Å². The number of carbonyl (C=O) groups excluding carboxylic acids is 1. The first-order chi connectivity index (χ1) is 9.61. The van der Waals surface area contributed by atoms with Crippen LogP contribution in [0.3, 0.4) is 0 Å². The summed E-state index contributed by atoms with van der Waals surface area (Å²) in [5.74, 6) is 0.599. The van der Waals surface area contributed by atoms with Gasteiger partial charge >= 0.3 is 0 Å². The number of carbonyl (C=O) groups is 1. The van der Waals surface area contributed by atoms with Gasteiger partial charge in [-0.2, -0.15) is 0 Å². The second-order valence-corrected chi connectivity index (χ2v) is 5.31. The molecular formula is C16H16BrNO2. The van der Waals surface area contributed by atoms with Crippen molar-refractivity contribution in [3.05, 3.63) is 64.1 Å². The summed E-state index contributed by atoms with van der Waals surface area (Å²) in [6.07, 6.45) is 0. The van der Waals surface area contributed by atoms with E-state index in [2.05, 4.69) is 21.2 Å². The lowest BCUT2D eigenvalue weighted by Gasteiger charge is -2.14.